The Morgan fingerprint density at radius 2 is 1.67 bits per heavy atom. The average Bonchev–Trinajstić information content (AvgIpc) is 3.54. The van der Waals surface area contributed by atoms with Crippen molar-refractivity contribution in [2.24, 2.45) is 29.1 Å². The normalized spacial score (nSPS) is 25.6. The van der Waals surface area contributed by atoms with Crippen molar-refractivity contribution in [2.45, 2.75) is 38.5 Å². The molecule has 8 rings (SSSR count). The van der Waals surface area contributed by atoms with Crippen LogP contribution in [0.2, 0.25) is 10.0 Å². The Hall–Kier alpha value is -5.47. The van der Waals surface area contributed by atoms with Gasteiger partial charge in [-0.15, -0.1) is 0 Å². The number of alkyl halides is 3. The molecule has 0 radical (unpaired) electrons. The summed E-state index contributed by atoms with van der Waals surface area (Å²) < 4.78 is 61.1. The number of pyridine rings is 1. The average molecular weight is 824 g/mol. The predicted octanol–water partition coefficient (Wildman–Crippen LogP) is 8.11. The zero-order valence-corrected chi connectivity index (χ0v) is 31.6. The third-order valence-electron chi connectivity index (χ3n) is 11.7. The van der Waals surface area contributed by atoms with Gasteiger partial charge in [0.05, 0.1) is 38.9 Å². The molecule has 0 spiro atoms. The summed E-state index contributed by atoms with van der Waals surface area (Å²) in [5, 5.41) is 12.8. The van der Waals surface area contributed by atoms with Crippen molar-refractivity contribution in [3.8, 4) is 11.5 Å². The van der Waals surface area contributed by atoms with Gasteiger partial charge < -0.3 is 9.84 Å². The molecule has 10 nitrogen and oxygen atoms in total. The molecule has 294 valence electrons. The monoisotopic (exact) mass is 822 g/mol. The Morgan fingerprint density at radius 3 is 2.35 bits per heavy atom. The minimum Gasteiger partial charge on any atom is -0.508 e. The molecule has 6 atom stereocenters. The minimum absolute atomic E-state index is 0.00483. The van der Waals surface area contributed by atoms with Gasteiger partial charge in [0.25, 0.3) is 11.8 Å². The second-order valence-corrected chi connectivity index (χ2v) is 15.6. The van der Waals surface area contributed by atoms with Crippen molar-refractivity contribution in [1.29, 1.82) is 0 Å². The zero-order valence-electron chi connectivity index (χ0n) is 30.1. The number of allylic oxidation sites excluding steroid dienone is 2. The molecule has 4 aliphatic rings. The van der Waals surface area contributed by atoms with Gasteiger partial charge in [-0.3, -0.25) is 24.2 Å². The number of amides is 4. The van der Waals surface area contributed by atoms with Gasteiger partial charge in [-0.2, -0.15) is 18.2 Å². The fourth-order valence-corrected chi connectivity index (χ4v) is 9.42. The number of ether oxygens (including phenoxy) is 1. The maximum absolute atomic E-state index is 14.7. The lowest BCUT2D eigenvalue weighted by atomic mass is 9.51. The van der Waals surface area contributed by atoms with Crippen LogP contribution in [0, 0.1) is 34.9 Å². The summed E-state index contributed by atoms with van der Waals surface area (Å²) in [7, 11) is 1.21. The molecule has 2 aliphatic carbocycles. The Labute approximate surface area is 333 Å². The number of carbonyl (C=O) groups is 4. The van der Waals surface area contributed by atoms with Crippen LogP contribution in [0.1, 0.15) is 42.5 Å². The van der Waals surface area contributed by atoms with Gasteiger partial charge >= 0.3 is 6.18 Å². The summed E-state index contributed by atoms with van der Waals surface area (Å²) in [6.45, 7) is 1.81. The summed E-state index contributed by atoms with van der Waals surface area (Å²) in [5.74, 6) is -8.97. The summed E-state index contributed by atoms with van der Waals surface area (Å²) in [5.41, 5.74) is -1.14. The van der Waals surface area contributed by atoms with Crippen LogP contribution in [-0.2, 0) is 32.0 Å². The number of hydrogen-bond donors (Lipinski definition) is 1. The van der Waals surface area contributed by atoms with Crippen molar-refractivity contribution in [1.82, 2.24) is 9.99 Å². The number of phenols is 1. The van der Waals surface area contributed by atoms with E-state index in [9.17, 15) is 41.8 Å². The van der Waals surface area contributed by atoms with Gasteiger partial charge in [0.1, 0.15) is 29.6 Å². The molecular weight excluding hydrogens is 791 g/mol. The molecule has 2 saturated heterocycles. The van der Waals surface area contributed by atoms with E-state index in [1.807, 2.05) is 30.3 Å². The topological polar surface area (TPSA) is 120 Å². The molecule has 1 saturated carbocycles. The molecule has 3 heterocycles. The Morgan fingerprint density at radius 1 is 0.930 bits per heavy atom. The lowest BCUT2D eigenvalue weighted by molar-refractivity contribution is -0.141. The second kappa shape index (κ2) is 13.9. The molecule has 0 bridgehead atoms. The number of nitrogens with zero attached hydrogens (tertiary/aromatic N) is 4. The van der Waals surface area contributed by atoms with Gasteiger partial charge in [0.15, 0.2) is 5.82 Å². The van der Waals surface area contributed by atoms with Crippen molar-refractivity contribution < 1.29 is 46.6 Å². The number of hydrogen-bond acceptors (Lipinski definition) is 8. The number of anilines is 2. The van der Waals surface area contributed by atoms with Crippen LogP contribution in [0.5, 0.6) is 11.5 Å². The largest absolute Gasteiger partial charge is 0.508 e. The van der Waals surface area contributed by atoms with Crippen molar-refractivity contribution in [3.63, 3.8) is 0 Å². The van der Waals surface area contributed by atoms with E-state index in [1.165, 1.54) is 25.2 Å². The number of imide groups is 2. The zero-order chi connectivity index (χ0) is 40.7. The Bertz CT molecular complexity index is 2400. The highest BCUT2D eigenvalue weighted by Crippen LogP contribution is 2.64. The maximum Gasteiger partial charge on any atom is 0.433 e. The van der Waals surface area contributed by atoms with Crippen LogP contribution in [0.25, 0.3) is 0 Å². The van der Waals surface area contributed by atoms with Crippen molar-refractivity contribution in [2.75, 3.05) is 17.0 Å². The van der Waals surface area contributed by atoms with Crippen molar-refractivity contribution in [3.05, 3.63) is 123 Å². The van der Waals surface area contributed by atoms with Gasteiger partial charge in [0, 0.05) is 24.6 Å². The van der Waals surface area contributed by atoms with E-state index in [2.05, 4.69) is 4.98 Å². The van der Waals surface area contributed by atoms with E-state index in [0.29, 0.717) is 17.4 Å². The van der Waals surface area contributed by atoms with E-state index >= 15 is 0 Å². The highest BCUT2D eigenvalue weighted by molar-refractivity contribution is 6.33. The number of carbonyl (C=O) groups excluding carboxylic acids is 4. The van der Waals surface area contributed by atoms with Crippen LogP contribution >= 0.6 is 23.2 Å². The number of halogens is 6. The van der Waals surface area contributed by atoms with Crippen LogP contribution in [0.15, 0.2) is 90.5 Å². The molecule has 4 aromatic rings. The summed E-state index contributed by atoms with van der Waals surface area (Å²) in [6.07, 6.45) is -3.17. The van der Waals surface area contributed by atoms with E-state index in [-0.39, 0.29) is 46.5 Å². The van der Waals surface area contributed by atoms with Crippen LogP contribution in [0.3, 0.4) is 0 Å². The van der Waals surface area contributed by atoms with Crippen molar-refractivity contribution >= 4 is 58.3 Å². The lowest BCUT2D eigenvalue weighted by Crippen LogP contribution is -2.49. The molecule has 3 aromatic carbocycles. The highest BCUT2D eigenvalue weighted by Gasteiger charge is 2.68. The summed E-state index contributed by atoms with van der Waals surface area (Å²) in [4.78, 5) is 62.3. The van der Waals surface area contributed by atoms with E-state index in [1.54, 1.807) is 25.1 Å². The number of benzene rings is 3. The Balaban J connectivity index is 1.20. The number of fused-ring (bicyclic) bond motifs is 4. The first-order valence-electron chi connectivity index (χ1n) is 17.9. The fourth-order valence-electron chi connectivity index (χ4n) is 9.02. The van der Waals surface area contributed by atoms with Crippen LogP contribution < -0.4 is 14.6 Å². The van der Waals surface area contributed by atoms with E-state index in [4.69, 9.17) is 27.9 Å². The molecule has 1 aromatic heterocycles. The number of aromatic nitrogens is 1. The first-order valence-corrected chi connectivity index (χ1v) is 18.7. The molecule has 6 unspecified atom stereocenters. The Kier molecular flexibility index (Phi) is 9.35. The molecule has 1 N–H and O–H groups in total. The minimum atomic E-state index is -4.84. The lowest BCUT2D eigenvalue weighted by Gasteiger charge is -2.49. The molecule has 16 heteroatoms. The number of hydrazine groups is 1. The van der Waals surface area contributed by atoms with Gasteiger partial charge in [-0.1, -0.05) is 71.2 Å². The number of aromatic hydroxyl groups is 1. The molecule has 57 heavy (non-hydrogen) atoms. The van der Waals surface area contributed by atoms with E-state index in [0.717, 1.165) is 32.6 Å². The number of phenolic OH excluding ortho intramolecular Hbond substituents is 1. The molecular formula is C41H32Cl2F4N4O6. The smallest absolute Gasteiger partial charge is 0.433 e. The van der Waals surface area contributed by atoms with Crippen LogP contribution in [-0.4, -0.2) is 45.8 Å². The third kappa shape index (κ3) is 6.11. The second-order valence-electron chi connectivity index (χ2n) is 14.8. The molecule has 3 fully saturated rings. The molecule has 4 amide bonds. The van der Waals surface area contributed by atoms with Gasteiger partial charge in [-0.05, 0) is 67.6 Å². The van der Waals surface area contributed by atoms with Gasteiger partial charge in [-0.25, -0.2) is 14.3 Å². The first-order chi connectivity index (χ1) is 27.0. The first kappa shape index (κ1) is 38.4. The quantitative estimate of drug-likeness (QED) is 0.113. The fraction of sp³-hybridized carbons (Fsp3) is 0.293. The standard InChI is InChI=1S/C41H32Cl2F4N4O6/c1-40-27(37(54)50(39(40)56)21-8-14-30(44)29(43)16-21)18-26-23(34(40)24-10-9-22(17-31(24)52)57-19-20-6-4-3-5-7-20)11-12-25-33(26)38(55)51(36(25)53)49(2)35-28(42)13-15-32(48-35)41(45,46)47/h3-11,13-17,25-27,33-34,52H,12,18-19H2,1-2H3. The highest BCUT2D eigenvalue weighted by atomic mass is 35.5. The number of rotatable bonds is 7. The van der Waals surface area contributed by atoms with Crippen LogP contribution in [0.4, 0.5) is 29.1 Å². The predicted molar refractivity (Wildman–Crippen MR) is 199 cm³/mol. The van der Waals surface area contributed by atoms with Gasteiger partial charge in [0.2, 0.25) is 11.8 Å². The van der Waals surface area contributed by atoms with E-state index < -0.39 is 82.1 Å². The third-order valence-corrected chi connectivity index (χ3v) is 12.3. The molecule has 2 aliphatic heterocycles. The SMILES string of the molecule is CN(c1nc(C(F)(F)F)ccc1Cl)N1C(=O)C2CC=C3C(CC4C(=O)N(c5ccc(F)c(Cl)c5)C(=O)C4(C)C3c3ccc(OCc4ccccc4)cc3O)C2C1=O. The maximum atomic E-state index is 14.7. The summed E-state index contributed by atoms with van der Waals surface area (Å²) in [6, 6.07) is 19.1. The summed E-state index contributed by atoms with van der Waals surface area (Å²) >= 11 is 12.4.